The molecule has 8 aliphatic rings. The van der Waals surface area contributed by atoms with Crippen LogP contribution < -0.4 is 29.2 Å². The summed E-state index contributed by atoms with van der Waals surface area (Å²) in [7, 11) is 17.4. The summed E-state index contributed by atoms with van der Waals surface area (Å²) in [5, 5.41) is 0. The van der Waals surface area contributed by atoms with Crippen LogP contribution in [0.2, 0.25) is 0 Å². The van der Waals surface area contributed by atoms with E-state index in [1.165, 1.54) is 209 Å². The molecular weight excluding hydrogens is 1430 g/mol. The molecule has 0 atom stereocenters. The van der Waals surface area contributed by atoms with Crippen molar-refractivity contribution in [3.05, 3.63) is 292 Å². The second-order valence-electron chi connectivity index (χ2n) is 28.5. The van der Waals surface area contributed by atoms with Crippen molar-refractivity contribution in [1.29, 1.82) is 0 Å². The Kier molecular flexibility index (Phi) is 62.1. The molecule has 9 nitrogen and oxygen atoms in total. The molecule has 0 bridgehead atoms. The summed E-state index contributed by atoms with van der Waals surface area (Å²) in [6.45, 7) is 47.6. The Balaban J connectivity index is 0.000000645. The lowest BCUT2D eigenvalue weighted by Crippen LogP contribution is -2.24. The minimum Gasteiger partial charge on any atom is -0.492 e. The van der Waals surface area contributed by atoms with Gasteiger partial charge in [-0.05, 0) is 211 Å². The van der Waals surface area contributed by atoms with Gasteiger partial charge < -0.3 is 39.0 Å². The molecule has 117 heavy (non-hydrogen) atoms. The Hall–Kier alpha value is -8.60. The first-order valence-corrected chi connectivity index (χ1v) is 45.9. The number of hydrogen-bond acceptors (Lipinski definition) is 9. The zero-order valence-corrected chi connectivity index (χ0v) is 79.1. The van der Waals surface area contributed by atoms with E-state index < -0.39 is 0 Å². The minimum atomic E-state index is 0.799. The minimum absolute atomic E-state index is 0.799. The fourth-order valence-corrected chi connectivity index (χ4v) is 14.4. The summed E-state index contributed by atoms with van der Waals surface area (Å²) in [6.07, 6.45) is 23.6. The molecule has 8 aliphatic heterocycles. The molecule has 17 rings (SSSR count). The lowest BCUT2D eigenvalue weighted by atomic mass is 10.0. The Bertz CT molecular complexity index is 3780. The first-order valence-electron chi connectivity index (χ1n) is 45.9. The van der Waals surface area contributed by atoms with Gasteiger partial charge in [-0.2, -0.15) is 0 Å². The van der Waals surface area contributed by atoms with Gasteiger partial charge in [-0.1, -0.05) is 323 Å². The molecule has 0 spiro atoms. The zero-order chi connectivity index (χ0) is 86.8. The Morgan fingerprint density at radius 1 is 0.231 bits per heavy atom. The fourth-order valence-electron chi connectivity index (χ4n) is 14.4. The number of para-hydroxylation sites is 6. The van der Waals surface area contributed by atoms with Crippen LogP contribution >= 0.6 is 0 Å². The highest BCUT2D eigenvalue weighted by Crippen LogP contribution is 2.30. The van der Waals surface area contributed by atoms with Crippen LogP contribution in [0, 0.1) is 6.92 Å². The number of likely N-dealkylation sites (N-methyl/N-ethyl adjacent to an activating group) is 3. The molecule has 0 aliphatic carbocycles. The van der Waals surface area contributed by atoms with Gasteiger partial charge in [0.2, 0.25) is 0 Å². The summed E-state index contributed by atoms with van der Waals surface area (Å²) >= 11 is 0. The lowest BCUT2D eigenvalue weighted by molar-refractivity contribution is 0.259. The lowest BCUT2D eigenvalue weighted by Gasteiger charge is -2.26. The smallest absolute Gasteiger partial charge is 0.123 e. The van der Waals surface area contributed by atoms with Gasteiger partial charge in [-0.15, -0.1) is 0 Å². The topological polar surface area (TPSA) is 35.2 Å². The first-order chi connectivity index (χ1) is 57.4. The van der Waals surface area contributed by atoms with E-state index in [4.69, 9.17) is 4.74 Å². The van der Waals surface area contributed by atoms with E-state index in [-0.39, 0.29) is 0 Å². The highest BCUT2D eigenvalue weighted by atomic mass is 16.5. The van der Waals surface area contributed by atoms with Crippen LogP contribution in [0.4, 0.5) is 28.4 Å². The molecule has 9 aromatic carbocycles. The van der Waals surface area contributed by atoms with Crippen LogP contribution in [0.15, 0.2) is 231 Å². The monoisotopic (exact) mass is 1590 g/mol. The third-order valence-electron chi connectivity index (χ3n) is 20.4. The Morgan fingerprint density at radius 3 is 1.03 bits per heavy atom. The second-order valence-corrected chi connectivity index (χ2v) is 28.5. The van der Waals surface area contributed by atoms with Crippen molar-refractivity contribution in [3.63, 3.8) is 0 Å². The summed E-state index contributed by atoms with van der Waals surface area (Å²) < 4.78 is 5.58. The number of hydrogen-bond donors (Lipinski definition) is 0. The fraction of sp³-hybridized carbons (Fsp3) is 0.481. The maximum atomic E-state index is 5.58. The van der Waals surface area contributed by atoms with E-state index in [1.807, 2.05) is 141 Å². The van der Waals surface area contributed by atoms with Crippen molar-refractivity contribution in [3.8, 4) is 5.75 Å². The third kappa shape index (κ3) is 41.1. The zero-order valence-electron chi connectivity index (χ0n) is 79.1. The summed E-state index contributed by atoms with van der Waals surface area (Å²) in [4.78, 5) is 18.7. The normalized spacial score (nSPS) is 14.7. The van der Waals surface area contributed by atoms with Crippen LogP contribution in [0.5, 0.6) is 5.75 Å². The number of ether oxygens (including phenoxy) is 1. The van der Waals surface area contributed by atoms with Gasteiger partial charge in [0.05, 0.1) is 0 Å². The van der Waals surface area contributed by atoms with E-state index in [1.54, 1.807) is 16.7 Å². The van der Waals surface area contributed by atoms with Crippen LogP contribution in [-0.2, 0) is 58.0 Å². The average Bonchev–Trinajstić information content (AvgIpc) is 1.30. The van der Waals surface area contributed by atoms with Gasteiger partial charge >= 0.3 is 0 Å². The highest BCUT2D eigenvalue weighted by Gasteiger charge is 2.17. The van der Waals surface area contributed by atoms with Crippen LogP contribution in [0.3, 0.4) is 0 Å². The van der Waals surface area contributed by atoms with Crippen LogP contribution in [-0.4, -0.2) is 137 Å². The molecule has 0 saturated carbocycles. The maximum absolute atomic E-state index is 5.58. The number of anilines is 5. The summed E-state index contributed by atoms with van der Waals surface area (Å²) in [5.74, 6) is 1.04. The van der Waals surface area contributed by atoms with Crippen molar-refractivity contribution in [2.45, 2.75) is 227 Å². The molecule has 0 aromatic heterocycles. The van der Waals surface area contributed by atoms with Crippen molar-refractivity contribution in [1.82, 2.24) is 14.7 Å². The molecule has 646 valence electrons. The van der Waals surface area contributed by atoms with Crippen LogP contribution in [0.1, 0.15) is 223 Å². The van der Waals surface area contributed by atoms with E-state index in [0.717, 1.165) is 45.0 Å². The largest absolute Gasteiger partial charge is 0.492 e. The predicted molar refractivity (Wildman–Crippen MR) is 527 cm³/mol. The molecule has 0 amide bonds. The number of fused-ring (bicyclic) bond motifs is 8. The highest BCUT2D eigenvalue weighted by molar-refractivity contribution is 5.68. The van der Waals surface area contributed by atoms with Gasteiger partial charge in [-0.3, -0.25) is 4.90 Å². The number of benzene rings is 9. The average molecular weight is 1590 g/mol. The first kappa shape index (κ1) is 106. The molecule has 0 N–H and O–H groups in total. The summed E-state index contributed by atoms with van der Waals surface area (Å²) in [5.41, 5.74) is 23.1. The number of nitrogens with zero attached hydrogens (tertiary/aromatic N) is 8. The molecule has 0 unspecified atom stereocenters. The van der Waals surface area contributed by atoms with Crippen molar-refractivity contribution in [2.75, 3.05) is 146 Å². The Morgan fingerprint density at radius 2 is 0.547 bits per heavy atom. The third-order valence-corrected chi connectivity index (χ3v) is 20.4. The van der Waals surface area contributed by atoms with Crippen molar-refractivity contribution in [2.24, 2.45) is 0 Å². The summed E-state index contributed by atoms with van der Waals surface area (Å²) in [6, 6.07) is 79.4. The van der Waals surface area contributed by atoms with E-state index in [9.17, 15) is 0 Å². The van der Waals surface area contributed by atoms with Crippen molar-refractivity contribution >= 4 is 34.5 Å². The molecule has 9 aromatic rings. The second kappa shape index (κ2) is 68.3. The molecular formula is C108H168N8O. The quantitative estimate of drug-likeness (QED) is 0.148. The predicted octanol–water partition coefficient (Wildman–Crippen LogP) is 27.1. The number of aryl methyl sites for hydroxylation is 5. The standard InChI is InChI=1S/C12H17N.C11H15N.C11H13N.2C11H15N.C10H13NO.C10H13N.C9H11N.C7H8.8C2H6/c1-13-10-6-2-3-7-11-8-4-5-9-12(11)13;2*1-12-9-5-4-7-10-6-2-3-8-11(10)12;1-12-8-4-7-10-5-2-3-6-11(10)9-12;1-12-8-6-10-4-2-3-5-11(10)7-9-12;1-11-6-7-12-10-5-3-2-4-9(10)8-11;1-11-8-4-6-9-5-2-3-7-10(9)11;1-10-7-6-8-4-2-3-5-9(8)10;1-7-5-3-2-4-6-7;8*1-2/h4-5,8-9H,2-3,6-7,10H2,1H3;2-3,6,8H,4-5,7,9H2,1H3;2-4,6-8H,5,9H2,1H3;2-3,5-6H,4,7-9H2,1H3;2-5H,6-9H2,1H3;2-5H,6-8H2,1H3;2-3,5,7H,4,6,8H2,1H3;2-5H,6-7H2,1H3;2-6H,1H3;8*1-2H3. The number of rotatable bonds is 0. The van der Waals surface area contributed by atoms with E-state index >= 15 is 0 Å². The molecule has 0 saturated heterocycles. The van der Waals surface area contributed by atoms with E-state index in [0.29, 0.717) is 0 Å². The SMILES string of the molecule is CC.CC.CC.CC.CC.CC.CC.CC.CN1CCC=Cc2ccccc21.CN1CCCCCc2ccccc21.CN1CCCCc2ccccc21.CN1CCCc2ccccc21.CN1CCCc2ccccc2C1.CN1CCOc2ccccc2C1.CN1CCc2ccccc21.CN1CCc2ccccc2CC1.Cc1ccccc1. The van der Waals surface area contributed by atoms with Gasteiger partial charge in [0.25, 0.3) is 0 Å². The van der Waals surface area contributed by atoms with Gasteiger partial charge in [0.1, 0.15) is 12.4 Å². The van der Waals surface area contributed by atoms with E-state index in [2.05, 4.69) is 309 Å². The van der Waals surface area contributed by atoms with Gasteiger partial charge in [-0.25, -0.2) is 0 Å². The molecule has 9 heteroatoms. The van der Waals surface area contributed by atoms with Crippen molar-refractivity contribution < 1.29 is 4.74 Å². The molecule has 0 fully saturated rings. The van der Waals surface area contributed by atoms with Gasteiger partial charge in [0, 0.05) is 135 Å². The Labute approximate surface area is 720 Å². The molecule has 8 heterocycles. The van der Waals surface area contributed by atoms with Gasteiger partial charge in [0.15, 0.2) is 0 Å². The molecule has 0 radical (unpaired) electrons. The van der Waals surface area contributed by atoms with Crippen LogP contribution in [0.25, 0.3) is 6.08 Å². The maximum Gasteiger partial charge on any atom is 0.123 e.